The highest BCUT2D eigenvalue weighted by atomic mass is 16.5. The third-order valence-corrected chi connectivity index (χ3v) is 7.10. The first kappa shape index (κ1) is 23.6. The molecule has 1 fully saturated rings. The van der Waals surface area contributed by atoms with E-state index >= 15 is 0 Å². The van der Waals surface area contributed by atoms with Crippen LogP contribution in [-0.4, -0.2) is 68.0 Å². The zero-order valence-corrected chi connectivity index (χ0v) is 19.5. The molecule has 34 heavy (non-hydrogen) atoms. The lowest BCUT2D eigenvalue weighted by molar-refractivity contribution is -0.902. The number of quaternary nitrogens is 1. The van der Waals surface area contributed by atoms with Crippen LogP contribution in [0.25, 0.3) is 21.6 Å². The second kappa shape index (κ2) is 9.37. The molecule has 0 radical (unpaired) electrons. The van der Waals surface area contributed by atoms with Crippen LogP contribution in [0.4, 0.5) is 4.79 Å². The molecule has 0 saturated carbocycles. The van der Waals surface area contributed by atoms with Gasteiger partial charge in [-0.05, 0) is 40.6 Å². The minimum Gasteiger partial charge on any atom is -0.480 e. The molecule has 0 spiro atoms. The number of amides is 1. The van der Waals surface area contributed by atoms with Crippen LogP contribution in [0, 0.1) is 5.41 Å². The van der Waals surface area contributed by atoms with Crippen molar-refractivity contribution in [3.8, 4) is 11.1 Å². The molecule has 9 nitrogen and oxygen atoms in total. The molecule has 0 aromatic heterocycles. The molecule has 4 rings (SSSR count). The molecule has 1 heterocycles. The highest BCUT2D eigenvalue weighted by Gasteiger charge is 2.50. The Balaban J connectivity index is 1.52. The van der Waals surface area contributed by atoms with Crippen LogP contribution >= 0.6 is 0 Å². The maximum Gasteiger partial charge on any atom is 0.407 e. The summed E-state index contributed by atoms with van der Waals surface area (Å²) in [7, 11) is 4.02. The van der Waals surface area contributed by atoms with Crippen LogP contribution in [0.2, 0.25) is 0 Å². The summed E-state index contributed by atoms with van der Waals surface area (Å²) in [5.41, 5.74) is 12.4. The monoisotopic (exact) mass is 464 g/mol. The SMILES string of the molecule is C[N+]1(C)CCC[C@](CN=[N+]=[N-])([C@@H](NC(=O)OCC2c3ccccc3-c3ccccc32)C(=O)O)C1. The third-order valence-electron chi connectivity index (χ3n) is 7.10. The molecule has 0 bridgehead atoms. The number of benzene rings is 2. The number of carboxylic acid groups (broad SMARTS) is 1. The van der Waals surface area contributed by atoms with Gasteiger partial charge in [-0.15, -0.1) is 0 Å². The van der Waals surface area contributed by atoms with Crippen LogP contribution < -0.4 is 5.32 Å². The smallest absolute Gasteiger partial charge is 0.407 e. The number of hydrogen-bond acceptors (Lipinski definition) is 4. The average molecular weight is 465 g/mol. The Bertz CT molecular complexity index is 1100. The molecular formula is C25H30N5O4+. The normalized spacial score (nSPS) is 21.5. The van der Waals surface area contributed by atoms with E-state index in [0.717, 1.165) is 35.2 Å². The van der Waals surface area contributed by atoms with Crippen LogP contribution in [0.3, 0.4) is 0 Å². The van der Waals surface area contributed by atoms with Gasteiger partial charge in [0.15, 0.2) is 0 Å². The number of rotatable bonds is 7. The first-order valence-electron chi connectivity index (χ1n) is 11.4. The highest BCUT2D eigenvalue weighted by molar-refractivity contribution is 5.81. The van der Waals surface area contributed by atoms with Gasteiger partial charge in [0, 0.05) is 17.4 Å². The number of carboxylic acids is 1. The summed E-state index contributed by atoms with van der Waals surface area (Å²) in [6, 6.07) is 14.8. The first-order valence-corrected chi connectivity index (χ1v) is 11.4. The summed E-state index contributed by atoms with van der Waals surface area (Å²) in [6.45, 7) is 1.44. The Labute approximate surface area is 198 Å². The Morgan fingerprint density at radius 1 is 1.21 bits per heavy atom. The van der Waals surface area contributed by atoms with E-state index in [1.807, 2.05) is 50.5 Å². The van der Waals surface area contributed by atoms with Crippen molar-refractivity contribution in [2.75, 3.05) is 40.3 Å². The lowest BCUT2D eigenvalue weighted by Crippen LogP contribution is -2.64. The lowest BCUT2D eigenvalue weighted by atomic mass is 9.73. The fourth-order valence-corrected chi connectivity index (χ4v) is 5.73. The maximum absolute atomic E-state index is 12.9. The quantitative estimate of drug-likeness (QED) is 0.276. The van der Waals surface area contributed by atoms with Crippen LogP contribution in [-0.2, 0) is 9.53 Å². The van der Waals surface area contributed by atoms with E-state index < -0.39 is 23.5 Å². The van der Waals surface area contributed by atoms with Crippen molar-refractivity contribution in [1.29, 1.82) is 0 Å². The number of piperidine rings is 1. The van der Waals surface area contributed by atoms with Crippen molar-refractivity contribution in [3.63, 3.8) is 0 Å². The van der Waals surface area contributed by atoms with E-state index in [0.29, 0.717) is 17.4 Å². The third kappa shape index (κ3) is 4.58. The van der Waals surface area contributed by atoms with Gasteiger partial charge in [-0.2, -0.15) is 0 Å². The summed E-state index contributed by atoms with van der Waals surface area (Å²) in [6.07, 6.45) is 0.517. The summed E-state index contributed by atoms with van der Waals surface area (Å²) in [5.74, 6) is -1.28. The molecule has 9 heteroatoms. The minimum absolute atomic E-state index is 0.00813. The molecule has 1 saturated heterocycles. The zero-order chi connectivity index (χ0) is 24.3. The van der Waals surface area contributed by atoms with Gasteiger partial charge in [-0.1, -0.05) is 53.6 Å². The Morgan fingerprint density at radius 3 is 2.38 bits per heavy atom. The molecule has 2 aromatic rings. The maximum atomic E-state index is 12.9. The largest absolute Gasteiger partial charge is 0.480 e. The number of azide groups is 1. The Morgan fingerprint density at radius 2 is 1.82 bits per heavy atom. The molecule has 1 aliphatic carbocycles. The Kier molecular flexibility index (Phi) is 6.50. The molecule has 2 aromatic carbocycles. The van der Waals surface area contributed by atoms with Gasteiger partial charge in [0.2, 0.25) is 0 Å². The van der Waals surface area contributed by atoms with Gasteiger partial charge in [0.1, 0.15) is 12.6 Å². The molecule has 1 amide bonds. The lowest BCUT2D eigenvalue weighted by Gasteiger charge is -2.47. The van der Waals surface area contributed by atoms with Crippen LogP contribution in [0.5, 0.6) is 0 Å². The standard InChI is InChI=1S/C25H29N5O4/c1-30(2)13-7-12-25(16-30,15-27-29-26)22(23(31)32)28-24(33)34-14-21-19-10-5-3-8-17(19)18-9-4-6-11-20(18)21/h3-6,8-11,21-22H,7,12-16H2,1-2H3,(H-,28,31,32,33)/p+1/t22-,25+/m0/s1. The topological polar surface area (TPSA) is 124 Å². The number of carbonyl (C=O) groups excluding carboxylic acids is 1. The number of ether oxygens (including phenoxy) is 1. The van der Waals surface area contributed by atoms with Crippen molar-refractivity contribution < 1.29 is 23.9 Å². The van der Waals surface area contributed by atoms with Crippen molar-refractivity contribution >= 4 is 12.1 Å². The predicted molar refractivity (Wildman–Crippen MR) is 127 cm³/mol. The number of alkyl carbamates (subject to hydrolysis) is 1. The van der Waals surface area contributed by atoms with Gasteiger partial charge in [0.05, 0.1) is 32.6 Å². The van der Waals surface area contributed by atoms with E-state index in [-0.39, 0.29) is 19.1 Å². The van der Waals surface area contributed by atoms with E-state index in [4.69, 9.17) is 10.3 Å². The summed E-state index contributed by atoms with van der Waals surface area (Å²) in [4.78, 5) is 28.0. The Hall–Kier alpha value is -3.55. The number of likely N-dealkylation sites (tertiary alicyclic amines) is 1. The van der Waals surface area contributed by atoms with Crippen molar-refractivity contribution in [1.82, 2.24) is 5.32 Å². The van der Waals surface area contributed by atoms with E-state index in [9.17, 15) is 14.7 Å². The molecular weight excluding hydrogens is 434 g/mol. The van der Waals surface area contributed by atoms with Gasteiger partial charge < -0.3 is 19.6 Å². The summed E-state index contributed by atoms with van der Waals surface area (Å²) < 4.78 is 6.17. The second-order valence-corrected chi connectivity index (χ2v) is 9.91. The zero-order valence-electron chi connectivity index (χ0n) is 19.5. The number of aliphatic carboxylic acids is 1. The van der Waals surface area contributed by atoms with E-state index in [2.05, 4.69) is 27.5 Å². The fraction of sp³-hybridized carbons (Fsp3) is 0.440. The van der Waals surface area contributed by atoms with Crippen LogP contribution in [0.1, 0.15) is 29.9 Å². The molecule has 178 valence electrons. The average Bonchev–Trinajstić information content (AvgIpc) is 3.13. The fourth-order valence-electron chi connectivity index (χ4n) is 5.73. The highest BCUT2D eigenvalue weighted by Crippen LogP contribution is 2.44. The molecule has 2 aliphatic rings. The van der Waals surface area contributed by atoms with Gasteiger partial charge in [0.25, 0.3) is 0 Å². The van der Waals surface area contributed by atoms with Gasteiger partial charge >= 0.3 is 12.1 Å². The predicted octanol–water partition coefficient (Wildman–Crippen LogP) is 4.15. The van der Waals surface area contributed by atoms with E-state index in [1.165, 1.54) is 0 Å². The number of fused-ring (bicyclic) bond motifs is 3. The van der Waals surface area contributed by atoms with Gasteiger partial charge in [-0.3, -0.25) is 0 Å². The first-order chi connectivity index (χ1) is 16.3. The van der Waals surface area contributed by atoms with Crippen molar-refractivity contribution in [3.05, 3.63) is 70.1 Å². The molecule has 1 aliphatic heterocycles. The number of carbonyl (C=O) groups is 2. The summed E-state index contributed by atoms with van der Waals surface area (Å²) in [5, 5.41) is 16.3. The summed E-state index contributed by atoms with van der Waals surface area (Å²) >= 11 is 0. The number of nitrogens with one attached hydrogen (secondary N) is 1. The second-order valence-electron chi connectivity index (χ2n) is 9.91. The van der Waals surface area contributed by atoms with Crippen LogP contribution in [0.15, 0.2) is 53.6 Å². The molecule has 2 N–H and O–H groups in total. The molecule has 0 unspecified atom stereocenters. The van der Waals surface area contributed by atoms with Crippen molar-refractivity contribution in [2.45, 2.75) is 24.8 Å². The molecule has 2 atom stereocenters. The number of nitrogens with zero attached hydrogens (tertiary/aromatic N) is 4. The van der Waals surface area contributed by atoms with E-state index in [1.54, 1.807) is 0 Å². The van der Waals surface area contributed by atoms with Gasteiger partial charge in [-0.25, -0.2) is 9.59 Å². The van der Waals surface area contributed by atoms with Crippen molar-refractivity contribution in [2.24, 2.45) is 10.5 Å². The minimum atomic E-state index is -1.23. The number of hydrogen-bond donors (Lipinski definition) is 2.